The Hall–Kier alpha value is -2.52. The van der Waals surface area contributed by atoms with Gasteiger partial charge in [0.15, 0.2) is 11.5 Å². The molecule has 0 spiro atoms. The van der Waals surface area contributed by atoms with Crippen molar-refractivity contribution in [3.8, 4) is 11.5 Å². The number of imide groups is 1. The van der Waals surface area contributed by atoms with Gasteiger partial charge in [0, 0.05) is 10.0 Å². The quantitative estimate of drug-likeness (QED) is 0.261. The van der Waals surface area contributed by atoms with Crippen molar-refractivity contribution in [2.45, 2.75) is 13.2 Å². The average Bonchev–Trinajstić information content (AvgIpc) is 3.08. The van der Waals surface area contributed by atoms with E-state index >= 15 is 0 Å². The summed E-state index contributed by atoms with van der Waals surface area (Å²) < 4.78 is 25.4. The molecule has 1 fully saturated rings. The Morgan fingerprint density at radius 1 is 1.09 bits per heavy atom. The number of amides is 2. The molecule has 0 N–H and O–H groups in total. The zero-order valence-corrected chi connectivity index (χ0v) is 22.1. The van der Waals surface area contributed by atoms with Crippen molar-refractivity contribution >= 4 is 68.1 Å². The Balaban J connectivity index is 1.53. The minimum absolute atomic E-state index is 0.0500. The molecule has 1 heterocycles. The number of hydrogen-bond acceptors (Lipinski definition) is 5. The zero-order chi connectivity index (χ0) is 25.1. The first-order valence-corrected chi connectivity index (χ1v) is 12.6. The number of nitrogens with zero attached hydrogens (tertiary/aromatic N) is 1. The lowest BCUT2D eigenvalue weighted by Gasteiger charge is -2.14. The van der Waals surface area contributed by atoms with Crippen LogP contribution in [0.4, 0.5) is 9.18 Å². The highest BCUT2D eigenvalue weighted by atomic mass is 79.9. The highest BCUT2D eigenvalue weighted by molar-refractivity contribution is 9.10. The van der Waals surface area contributed by atoms with Crippen LogP contribution in [0.5, 0.6) is 11.5 Å². The number of benzene rings is 3. The molecular weight excluding hydrogens is 580 g/mol. The molecule has 0 radical (unpaired) electrons. The van der Waals surface area contributed by atoms with Gasteiger partial charge < -0.3 is 9.47 Å². The first-order valence-electron chi connectivity index (χ1n) is 10.2. The molecule has 1 aliphatic rings. The van der Waals surface area contributed by atoms with Crippen LogP contribution in [0.2, 0.25) is 10.0 Å². The molecule has 0 atom stereocenters. The van der Waals surface area contributed by atoms with Crippen molar-refractivity contribution in [2.24, 2.45) is 0 Å². The van der Waals surface area contributed by atoms with Gasteiger partial charge in [0.25, 0.3) is 11.1 Å². The first kappa shape index (κ1) is 25.6. The second kappa shape index (κ2) is 11.0. The summed E-state index contributed by atoms with van der Waals surface area (Å²) in [6, 6.07) is 14.6. The molecule has 10 heteroatoms. The fourth-order valence-corrected chi connectivity index (χ4v) is 5.07. The van der Waals surface area contributed by atoms with Gasteiger partial charge in [0.05, 0.1) is 23.0 Å². The van der Waals surface area contributed by atoms with E-state index in [2.05, 4.69) is 15.9 Å². The van der Waals surface area contributed by atoms with Crippen molar-refractivity contribution < 1.29 is 23.5 Å². The van der Waals surface area contributed by atoms with E-state index in [0.717, 1.165) is 28.3 Å². The third-order valence-corrected chi connectivity index (χ3v) is 7.16. The van der Waals surface area contributed by atoms with Crippen LogP contribution in [-0.2, 0) is 17.9 Å². The minimum Gasteiger partial charge on any atom is -0.493 e. The van der Waals surface area contributed by atoms with Crippen molar-refractivity contribution in [1.29, 1.82) is 0 Å². The summed E-state index contributed by atoms with van der Waals surface area (Å²) in [7, 11) is 1.51. The van der Waals surface area contributed by atoms with Gasteiger partial charge in [-0.1, -0.05) is 41.4 Å². The van der Waals surface area contributed by atoms with Crippen molar-refractivity contribution in [3.63, 3.8) is 0 Å². The van der Waals surface area contributed by atoms with Crippen molar-refractivity contribution in [1.82, 2.24) is 4.90 Å². The van der Waals surface area contributed by atoms with E-state index in [4.69, 9.17) is 32.7 Å². The molecule has 1 aliphatic heterocycles. The second-order valence-electron chi connectivity index (χ2n) is 7.45. The Kier molecular flexibility index (Phi) is 8.06. The molecule has 180 valence electrons. The van der Waals surface area contributed by atoms with Crippen LogP contribution in [0.25, 0.3) is 6.08 Å². The first-order chi connectivity index (χ1) is 16.7. The van der Waals surface area contributed by atoms with Gasteiger partial charge in [-0.2, -0.15) is 0 Å². The summed E-state index contributed by atoms with van der Waals surface area (Å²) in [4.78, 5) is 26.7. The molecule has 0 aromatic heterocycles. The highest BCUT2D eigenvalue weighted by Crippen LogP contribution is 2.40. The van der Waals surface area contributed by atoms with E-state index in [1.165, 1.54) is 19.2 Å². The standard InChI is InChI=1S/C25H17BrCl2FNO4S/c1-33-21-9-15(8-19(26)23(21)34-13-14-2-5-17(27)6-3-14)10-22-24(31)30(25(32)35-22)12-16-4-7-18(29)11-20(16)28/h2-11H,12-13H2,1H3/b22-10-. The van der Waals surface area contributed by atoms with Crippen LogP contribution < -0.4 is 9.47 Å². The maximum Gasteiger partial charge on any atom is 0.293 e. The summed E-state index contributed by atoms with van der Waals surface area (Å²) in [5.74, 6) is 0.00187. The second-order valence-corrected chi connectivity index (χ2v) is 10.1. The van der Waals surface area contributed by atoms with Crippen LogP contribution >= 0.6 is 50.9 Å². The van der Waals surface area contributed by atoms with E-state index < -0.39 is 17.0 Å². The molecule has 0 aliphatic carbocycles. The number of carbonyl (C=O) groups is 2. The van der Waals surface area contributed by atoms with Crippen LogP contribution in [0.1, 0.15) is 16.7 Å². The maximum atomic E-state index is 13.3. The zero-order valence-electron chi connectivity index (χ0n) is 18.2. The largest absolute Gasteiger partial charge is 0.493 e. The molecule has 3 aromatic rings. The molecule has 2 amide bonds. The average molecular weight is 597 g/mol. The van der Waals surface area contributed by atoms with Gasteiger partial charge in [0.1, 0.15) is 12.4 Å². The summed E-state index contributed by atoms with van der Waals surface area (Å²) >= 11 is 16.3. The van der Waals surface area contributed by atoms with Crippen LogP contribution in [0.15, 0.2) is 64.0 Å². The number of thioether (sulfide) groups is 1. The van der Waals surface area contributed by atoms with E-state index in [1.54, 1.807) is 30.3 Å². The predicted octanol–water partition coefficient (Wildman–Crippen LogP) is 7.72. The van der Waals surface area contributed by atoms with Crippen LogP contribution in [0.3, 0.4) is 0 Å². The lowest BCUT2D eigenvalue weighted by atomic mass is 10.1. The lowest BCUT2D eigenvalue weighted by Crippen LogP contribution is -2.27. The van der Waals surface area contributed by atoms with Gasteiger partial charge in [-0.3, -0.25) is 14.5 Å². The van der Waals surface area contributed by atoms with E-state index in [0.29, 0.717) is 38.7 Å². The number of hydrogen-bond donors (Lipinski definition) is 0. The third kappa shape index (κ3) is 6.01. The van der Waals surface area contributed by atoms with E-state index in [9.17, 15) is 14.0 Å². The molecule has 5 nitrogen and oxygen atoms in total. The molecule has 1 saturated heterocycles. The number of halogens is 4. The molecule has 35 heavy (non-hydrogen) atoms. The number of carbonyl (C=O) groups excluding carboxylic acids is 2. The monoisotopic (exact) mass is 595 g/mol. The van der Waals surface area contributed by atoms with Crippen molar-refractivity contribution in [2.75, 3.05) is 7.11 Å². The van der Waals surface area contributed by atoms with Gasteiger partial charge in [-0.15, -0.1) is 0 Å². The minimum atomic E-state index is -0.493. The maximum absolute atomic E-state index is 13.3. The molecule has 4 rings (SSSR count). The highest BCUT2D eigenvalue weighted by Gasteiger charge is 2.35. The van der Waals surface area contributed by atoms with Gasteiger partial charge in [-0.05, 0) is 86.9 Å². The molecule has 0 bridgehead atoms. The normalized spacial score (nSPS) is 14.7. The Labute approximate surface area is 223 Å². The van der Waals surface area contributed by atoms with Gasteiger partial charge in [0.2, 0.25) is 0 Å². The van der Waals surface area contributed by atoms with Gasteiger partial charge in [-0.25, -0.2) is 4.39 Å². The topological polar surface area (TPSA) is 55.8 Å². The number of methoxy groups -OCH3 is 1. The number of ether oxygens (including phenoxy) is 2. The molecule has 0 unspecified atom stereocenters. The molecule has 0 saturated carbocycles. The Morgan fingerprint density at radius 2 is 1.83 bits per heavy atom. The lowest BCUT2D eigenvalue weighted by molar-refractivity contribution is -0.123. The smallest absolute Gasteiger partial charge is 0.293 e. The summed E-state index contributed by atoms with van der Waals surface area (Å²) in [5.41, 5.74) is 2.04. The van der Waals surface area contributed by atoms with Crippen molar-refractivity contribution in [3.05, 3.63) is 96.5 Å². The third-order valence-electron chi connectivity index (χ3n) is 5.06. The van der Waals surface area contributed by atoms with Crippen LogP contribution in [-0.4, -0.2) is 23.2 Å². The van der Waals surface area contributed by atoms with Gasteiger partial charge >= 0.3 is 0 Å². The Morgan fingerprint density at radius 3 is 2.51 bits per heavy atom. The van der Waals surface area contributed by atoms with E-state index in [1.807, 2.05) is 12.1 Å². The Bertz CT molecular complexity index is 1330. The fraction of sp³-hybridized carbons (Fsp3) is 0.120. The predicted molar refractivity (Wildman–Crippen MR) is 139 cm³/mol. The van der Waals surface area contributed by atoms with E-state index in [-0.39, 0.29) is 16.5 Å². The molecular formula is C25H17BrCl2FNO4S. The molecule has 3 aromatic carbocycles. The SMILES string of the molecule is COc1cc(/C=C2\SC(=O)N(Cc3ccc(F)cc3Cl)C2=O)cc(Br)c1OCc1ccc(Cl)cc1. The van der Waals surface area contributed by atoms with Crippen LogP contribution in [0, 0.1) is 5.82 Å². The summed E-state index contributed by atoms with van der Waals surface area (Å²) in [6.45, 7) is 0.252. The summed E-state index contributed by atoms with van der Waals surface area (Å²) in [6.07, 6.45) is 1.60. The number of rotatable bonds is 7. The summed E-state index contributed by atoms with van der Waals surface area (Å²) in [5, 5.41) is 0.355. The fourth-order valence-electron chi connectivity index (χ4n) is 3.31.